The molecule has 0 spiro atoms. The third-order valence-electron chi connectivity index (χ3n) is 5.12. The molecule has 1 aromatic heterocycles. The first-order valence-corrected chi connectivity index (χ1v) is 9.25. The summed E-state index contributed by atoms with van der Waals surface area (Å²) in [7, 11) is 0. The number of ketones is 1. The van der Waals surface area contributed by atoms with E-state index >= 15 is 0 Å². The molecule has 28 heavy (non-hydrogen) atoms. The number of pyridine rings is 1. The Bertz CT molecular complexity index is 1010. The minimum Gasteiger partial charge on any atom is -0.362 e. The van der Waals surface area contributed by atoms with Crippen molar-refractivity contribution in [3.8, 4) is 0 Å². The summed E-state index contributed by atoms with van der Waals surface area (Å²) < 4.78 is 13.5. The predicted octanol–water partition coefficient (Wildman–Crippen LogP) is 3.83. The van der Waals surface area contributed by atoms with E-state index in [-0.39, 0.29) is 11.7 Å². The van der Waals surface area contributed by atoms with Crippen molar-refractivity contribution < 1.29 is 14.0 Å². The largest absolute Gasteiger partial charge is 0.362 e. The summed E-state index contributed by atoms with van der Waals surface area (Å²) in [6.07, 6.45) is 5.38. The van der Waals surface area contributed by atoms with Gasteiger partial charge in [0.15, 0.2) is 5.78 Å². The number of nitrogens with zero attached hydrogens (tertiary/aromatic N) is 1. The molecule has 1 atom stereocenters. The molecule has 2 N–H and O–H groups in total. The number of carbonyl (C=O) groups excluding carboxylic acids is 2. The number of amides is 1. The highest BCUT2D eigenvalue weighted by Gasteiger charge is 2.38. The average Bonchev–Trinajstić information content (AvgIpc) is 2.67. The van der Waals surface area contributed by atoms with E-state index in [0.29, 0.717) is 29.0 Å². The Hall–Kier alpha value is -3.28. The van der Waals surface area contributed by atoms with Gasteiger partial charge in [0.1, 0.15) is 5.82 Å². The van der Waals surface area contributed by atoms with Gasteiger partial charge >= 0.3 is 0 Å². The first-order chi connectivity index (χ1) is 13.5. The van der Waals surface area contributed by atoms with Crippen LogP contribution in [0.3, 0.4) is 0 Å². The molecule has 1 aliphatic carbocycles. The SMILES string of the molecule is CC1=C(C(=O)Nc2cccc(F)c2)C(c2cccnc2)C2=C(CCCC2=O)N1. The number of anilines is 1. The highest BCUT2D eigenvalue weighted by Crippen LogP contribution is 2.42. The molecule has 0 radical (unpaired) electrons. The van der Waals surface area contributed by atoms with Crippen LogP contribution in [-0.2, 0) is 9.59 Å². The fourth-order valence-corrected chi connectivity index (χ4v) is 3.93. The van der Waals surface area contributed by atoms with Gasteiger partial charge in [-0.2, -0.15) is 0 Å². The van der Waals surface area contributed by atoms with Crippen LogP contribution < -0.4 is 10.6 Å². The summed E-state index contributed by atoms with van der Waals surface area (Å²) in [4.78, 5) is 30.1. The molecule has 2 aromatic rings. The third-order valence-corrected chi connectivity index (χ3v) is 5.12. The van der Waals surface area contributed by atoms with Crippen molar-refractivity contribution >= 4 is 17.4 Å². The minimum absolute atomic E-state index is 0.0474. The van der Waals surface area contributed by atoms with Gasteiger partial charge in [-0.3, -0.25) is 14.6 Å². The molecule has 2 aliphatic rings. The van der Waals surface area contributed by atoms with Crippen molar-refractivity contribution in [1.82, 2.24) is 10.3 Å². The summed E-state index contributed by atoms with van der Waals surface area (Å²) in [5.74, 6) is -1.24. The Morgan fingerprint density at radius 2 is 2.11 bits per heavy atom. The summed E-state index contributed by atoms with van der Waals surface area (Å²) in [6, 6.07) is 9.41. The Morgan fingerprint density at radius 1 is 1.25 bits per heavy atom. The monoisotopic (exact) mass is 377 g/mol. The quantitative estimate of drug-likeness (QED) is 0.853. The van der Waals surface area contributed by atoms with Gasteiger partial charge in [-0.15, -0.1) is 0 Å². The lowest BCUT2D eigenvalue weighted by atomic mass is 9.75. The molecule has 2 heterocycles. The van der Waals surface area contributed by atoms with E-state index in [2.05, 4.69) is 15.6 Å². The first kappa shape index (κ1) is 18.1. The minimum atomic E-state index is -0.494. The van der Waals surface area contributed by atoms with E-state index in [9.17, 15) is 14.0 Å². The number of dihydropyridines is 1. The maximum Gasteiger partial charge on any atom is 0.254 e. The first-order valence-electron chi connectivity index (χ1n) is 9.25. The number of benzene rings is 1. The smallest absolute Gasteiger partial charge is 0.254 e. The normalized spacial score (nSPS) is 19.2. The second-order valence-electron chi connectivity index (χ2n) is 7.02. The van der Waals surface area contributed by atoms with Gasteiger partial charge in [-0.25, -0.2) is 4.39 Å². The van der Waals surface area contributed by atoms with E-state index in [1.807, 2.05) is 13.0 Å². The van der Waals surface area contributed by atoms with Crippen LogP contribution >= 0.6 is 0 Å². The second-order valence-corrected chi connectivity index (χ2v) is 7.02. The number of Topliss-reactive ketones (excluding diaryl/α,β-unsaturated/α-hetero) is 1. The van der Waals surface area contributed by atoms with Crippen molar-refractivity contribution in [2.24, 2.45) is 0 Å². The predicted molar refractivity (Wildman–Crippen MR) is 104 cm³/mol. The molecule has 0 bridgehead atoms. The van der Waals surface area contributed by atoms with Crippen LogP contribution in [0.15, 0.2) is 71.3 Å². The van der Waals surface area contributed by atoms with Crippen molar-refractivity contribution in [3.63, 3.8) is 0 Å². The molecular formula is C22H20FN3O2. The maximum atomic E-state index is 13.5. The average molecular weight is 377 g/mol. The molecule has 1 aromatic carbocycles. The van der Waals surface area contributed by atoms with Crippen LogP contribution in [0.25, 0.3) is 0 Å². The third kappa shape index (κ3) is 3.33. The highest BCUT2D eigenvalue weighted by atomic mass is 19.1. The lowest BCUT2D eigenvalue weighted by Crippen LogP contribution is -2.35. The summed E-state index contributed by atoms with van der Waals surface area (Å²) >= 11 is 0. The summed E-state index contributed by atoms with van der Waals surface area (Å²) in [5.41, 5.74) is 3.81. The van der Waals surface area contributed by atoms with E-state index in [4.69, 9.17) is 0 Å². The maximum absolute atomic E-state index is 13.5. The number of hydrogen-bond donors (Lipinski definition) is 2. The second kappa shape index (κ2) is 7.38. The van der Waals surface area contributed by atoms with Crippen molar-refractivity contribution in [2.75, 3.05) is 5.32 Å². The molecule has 6 heteroatoms. The number of nitrogens with one attached hydrogen (secondary N) is 2. The number of halogens is 1. The number of hydrogen-bond acceptors (Lipinski definition) is 4. The number of allylic oxidation sites excluding steroid dienone is 3. The van der Waals surface area contributed by atoms with Gasteiger partial charge in [0.05, 0.1) is 0 Å². The van der Waals surface area contributed by atoms with Crippen LogP contribution in [0.5, 0.6) is 0 Å². The molecule has 4 rings (SSSR count). The molecule has 0 fully saturated rings. The van der Waals surface area contributed by atoms with Gasteiger partial charge < -0.3 is 10.6 Å². The molecule has 1 amide bonds. The van der Waals surface area contributed by atoms with Crippen molar-refractivity contribution in [1.29, 1.82) is 0 Å². The van der Waals surface area contributed by atoms with E-state index < -0.39 is 11.7 Å². The van der Waals surface area contributed by atoms with Crippen LogP contribution in [0.4, 0.5) is 10.1 Å². The van der Waals surface area contributed by atoms with E-state index in [1.165, 1.54) is 18.2 Å². The Morgan fingerprint density at radius 3 is 2.86 bits per heavy atom. The lowest BCUT2D eigenvalue weighted by Gasteiger charge is -2.34. The van der Waals surface area contributed by atoms with Crippen LogP contribution in [0.1, 0.15) is 37.7 Å². The molecule has 1 aliphatic heterocycles. The fourth-order valence-electron chi connectivity index (χ4n) is 3.93. The Balaban J connectivity index is 1.77. The fraction of sp³-hybridized carbons (Fsp3) is 0.227. The zero-order valence-electron chi connectivity index (χ0n) is 15.5. The van der Waals surface area contributed by atoms with Crippen LogP contribution in [-0.4, -0.2) is 16.7 Å². The summed E-state index contributed by atoms with van der Waals surface area (Å²) in [6.45, 7) is 1.83. The zero-order chi connectivity index (χ0) is 19.7. The molecule has 0 saturated heterocycles. The van der Waals surface area contributed by atoms with Gasteiger partial charge in [-0.1, -0.05) is 12.1 Å². The van der Waals surface area contributed by atoms with E-state index in [0.717, 1.165) is 24.1 Å². The number of aromatic nitrogens is 1. The van der Waals surface area contributed by atoms with Gasteiger partial charge in [-0.05, 0) is 49.6 Å². The highest BCUT2D eigenvalue weighted by molar-refractivity contribution is 6.09. The number of carbonyl (C=O) groups is 2. The Labute approximate surface area is 162 Å². The Kier molecular flexibility index (Phi) is 4.77. The van der Waals surface area contributed by atoms with Crippen LogP contribution in [0.2, 0.25) is 0 Å². The van der Waals surface area contributed by atoms with Crippen LogP contribution in [0, 0.1) is 5.82 Å². The topological polar surface area (TPSA) is 71.1 Å². The molecule has 142 valence electrons. The van der Waals surface area contributed by atoms with Gasteiger partial charge in [0.2, 0.25) is 0 Å². The molecule has 0 saturated carbocycles. The van der Waals surface area contributed by atoms with Gasteiger partial charge in [0, 0.05) is 53.0 Å². The molecule has 1 unspecified atom stereocenters. The van der Waals surface area contributed by atoms with Crippen molar-refractivity contribution in [3.05, 3.63) is 82.7 Å². The molecular weight excluding hydrogens is 357 g/mol. The summed E-state index contributed by atoms with van der Waals surface area (Å²) in [5, 5.41) is 6.02. The standard InChI is InChI=1S/C22H20FN3O2/c1-13-19(22(28)26-16-7-2-6-15(23)11-16)20(14-5-4-10-24-12-14)21-17(25-13)8-3-9-18(21)27/h2,4-7,10-12,20,25H,3,8-9H2,1H3,(H,26,28). The lowest BCUT2D eigenvalue weighted by molar-refractivity contribution is -0.116. The van der Waals surface area contributed by atoms with Crippen molar-refractivity contribution in [2.45, 2.75) is 32.1 Å². The zero-order valence-corrected chi connectivity index (χ0v) is 15.5. The van der Waals surface area contributed by atoms with E-state index in [1.54, 1.807) is 24.5 Å². The number of rotatable bonds is 3. The molecule has 5 nitrogen and oxygen atoms in total. The van der Waals surface area contributed by atoms with Gasteiger partial charge in [0.25, 0.3) is 5.91 Å².